The molecule has 2 aromatic rings. The van der Waals surface area contributed by atoms with Crippen molar-refractivity contribution in [2.75, 3.05) is 6.54 Å². The summed E-state index contributed by atoms with van der Waals surface area (Å²) in [6, 6.07) is 15.4. The van der Waals surface area contributed by atoms with Crippen LogP contribution in [0.1, 0.15) is 39.1 Å². The molecular formula is C20H16N2O4. The molecule has 1 aliphatic heterocycles. The highest BCUT2D eigenvalue weighted by atomic mass is 16.5. The smallest absolute Gasteiger partial charge is 0.311 e. The van der Waals surface area contributed by atoms with Crippen molar-refractivity contribution >= 4 is 17.8 Å². The van der Waals surface area contributed by atoms with Gasteiger partial charge in [-0.3, -0.25) is 19.3 Å². The van der Waals surface area contributed by atoms with Crippen molar-refractivity contribution in [3.63, 3.8) is 0 Å². The molecule has 0 saturated carbocycles. The quantitative estimate of drug-likeness (QED) is 0.455. The number of nitriles is 1. The molecule has 0 aromatic heterocycles. The van der Waals surface area contributed by atoms with Gasteiger partial charge in [-0.05, 0) is 36.2 Å². The minimum absolute atomic E-state index is 0.0906. The van der Waals surface area contributed by atoms with Crippen LogP contribution in [0.2, 0.25) is 0 Å². The number of esters is 1. The van der Waals surface area contributed by atoms with E-state index in [4.69, 9.17) is 10.00 Å². The predicted octanol–water partition coefficient (Wildman–Crippen LogP) is 2.73. The number of amides is 2. The Morgan fingerprint density at radius 3 is 2.19 bits per heavy atom. The molecular weight excluding hydrogens is 332 g/mol. The summed E-state index contributed by atoms with van der Waals surface area (Å²) in [4.78, 5) is 37.5. The number of fused-ring (bicyclic) bond motifs is 1. The van der Waals surface area contributed by atoms with E-state index >= 15 is 0 Å². The van der Waals surface area contributed by atoms with Gasteiger partial charge >= 0.3 is 5.97 Å². The van der Waals surface area contributed by atoms with E-state index in [9.17, 15) is 14.4 Å². The second kappa shape index (κ2) is 7.62. The highest BCUT2D eigenvalue weighted by Crippen LogP contribution is 2.22. The molecule has 130 valence electrons. The predicted molar refractivity (Wildman–Crippen MR) is 92.4 cm³/mol. The fourth-order valence-corrected chi connectivity index (χ4v) is 2.77. The largest absolute Gasteiger partial charge is 0.427 e. The van der Waals surface area contributed by atoms with Crippen LogP contribution in [0.5, 0.6) is 5.75 Å². The molecule has 0 atom stereocenters. The average molecular weight is 348 g/mol. The highest BCUT2D eigenvalue weighted by Gasteiger charge is 2.34. The first-order valence-corrected chi connectivity index (χ1v) is 8.22. The molecule has 3 rings (SSSR count). The molecule has 6 heteroatoms. The Morgan fingerprint density at radius 2 is 1.62 bits per heavy atom. The van der Waals surface area contributed by atoms with Crippen molar-refractivity contribution < 1.29 is 19.1 Å². The van der Waals surface area contributed by atoms with Crippen LogP contribution in [0, 0.1) is 11.3 Å². The number of carbonyl (C=O) groups excluding carboxylic acids is 3. The summed E-state index contributed by atoms with van der Waals surface area (Å²) in [5.41, 5.74) is 1.65. The normalized spacial score (nSPS) is 12.7. The standard InChI is InChI=1S/C20H16N2O4/c21-12-11-14-7-9-15(10-8-14)26-18(23)6-3-13-22-19(24)16-4-1-2-5-17(16)20(22)25/h1-2,4-5,7-10H,3,6,11,13H2. The second-order valence-electron chi connectivity index (χ2n) is 5.86. The summed E-state index contributed by atoms with van der Waals surface area (Å²) in [5, 5.41) is 8.63. The van der Waals surface area contributed by atoms with E-state index in [1.807, 2.05) is 6.07 Å². The SMILES string of the molecule is N#CCc1ccc(OC(=O)CCCN2C(=O)c3ccccc3C2=O)cc1. The van der Waals surface area contributed by atoms with E-state index in [-0.39, 0.29) is 24.8 Å². The molecule has 2 amide bonds. The molecule has 1 aliphatic rings. The number of hydrogen-bond acceptors (Lipinski definition) is 5. The van der Waals surface area contributed by atoms with Crippen molar-refractivity contribution in [3.05, 3.63) is 65.2 Å². The number of imide groups is 1. The number of carbonyl (C=O) groups is 3. The lowest BCUT2D eigenvalue weighted by molar-refractivity contribution is -0.134. The van der Waals surface area contributed by atoms with E-state index in [0.29, 0.717) is 29.7 Å². The van der Waals surface area contributed by atoms with E-state index < -0.39 is 5.97 Å². The Labute approximate surface area is 150 Å². The van der Waals surface area contributed by atoms with Crippen molar-refractivity contribution in [2.24, 2.45) is 0 Å². The van der Waals surface area contributed by atoms with E-state index in [0.717, 1.165) is 10.5 Å². The van der Waals surface area contributed by atoms with Crippen molar-refractivity contribution in [1.82, 2.24) is 4.90 Å². The number of hydrogen-bond donors (Lipinski definition) is 0. The lowest BCUT2D eigenvalue weighted by Gasteiger charge is -2.13. The van der Waals surface area contributed by atoms with Crippen molar-refractivity contribution in [1.29, 1.82) is 5.26 Å². The lowest BCUT2D eigenvalue weighted by Crippen LogP contribution is -2.31. The maximum absolute atomic E-state index is 12.2. The minimum Gasteiger partial charge on any atom is -0.427 e. The third kappa shape index (κ3) is 3.62. The number of nitrogens with zero attached hydrogens (tertiary/aromatic N) is 2. The number of benzene rings is 2. The zero-order chi connectivity index (χ0) is 18.5. The van der Waals surface area contributed by atoms with Crippen LogP contribution in [-0.2, 0) is 11.2 Å². The molecule has 0 unspecified atom stereocenters. The first kappa shape index (κ1) is 17.4. The van der Waals surface area contributed by atoms with Crippen LogP contribution >= 0.6 is 0 Å². The van der Waals surface area contributed by atoms with Gasteiger partial charge in [0.15, 0.2) is 0 Å². The topological polar surface area (TPSA) is 87.5 Å². The maximum Gasteiger partial charge on any atom is 0.311 e. The zero-order valence-electron chi connectivity index (χ0n) is 14.0. The first-order valence-electron chi connectivity index (χ1n) is 8.22. The summed E-state index contributed by atoms with van der Waals surface area (Å²) in [7, 11) is 0. The third-order valence-electron chi connectivity index (χ3n) is 4.08. The van der Waals surface area contributed by atoms with Gasteiger partial charge in [-0.15, -0.1) is 0 Å². The lowest BCUT2D eigenvalue weighted by atomic mass is 10.1. The molecule has 0 radical (unpaired) electrons. The van der Waals surface area contributed by atoms with Gasteiger partial charge in [-0.1, -0.05) is 24.3 Å². The van der Waals surface area contributed by atoms with Gasteiger partial charge in [0.25, 0.3) is 11.8 Å². The zero-order valence-corrected chi connectivity index (χ0v) is 14.0. The van der Waals surface area contributed by atoms with Gasteiger partial charge in [0.2, 0.25) is 0 Å². The minimum atomic E-state index is -0.436. The summed E-state index contributed by atoms with van der Waals surface area (Å²) in [6.07, 6.45) is 0.721. The monoisotopic (exact) mass is 348 g/mol. The molecule has 0 bridgehead atoms. The fourth-order valence-electron chi connectivity index (χ4n) is 2.77. The van der Waals surface area contributed by atoms with Crippen LogP contribution in [0.15, 0.2) is 48.5 Å². The number of rotatable bonds is 6. The van der Waals surface area contributed by atoms with E-state index in [1.165, 1.54) is 0 Å². The molecule has 0 N–H and O–H groups in total. The average Bonchev–Trinajstić information content (AvgIpc) is 2.89. The third-order valence-corrected chi connectivity index (χ3v) is 4.08. The Hall–Kier alpha value is -3.46. The van der Waals surface area contributed by atoms with Crippen LogP contribution in [0.4, 0.5) is 0 Å². The number of ether oxygens (including phenoxy) is 1. The van der Waals surface area contributed by atoms with Gasteiger partial charge in [-0.2, -0.15) is 5.26 Å². The van der Waals surface area contributed by atoms with Gasteiger partial charge in [0.05, 0.1) is 23.6 Å². The van der Waals surface area contributed by atoms with Crippen LogP contribution in [-0.4, -0.2) is 29.2 Å². The van der Waals surface area contributed by atoms with Gasteiger partial charge in [-0.25, -0.2) is 0 Å². The summed E-state index contributed by atoms with van der Waals surface area (Å²) in [6.45, 7) is 0.169. The first-order chi connectivity index (χ1) is 12.6. The molecule has 0 aliphatic carbocycles. The second-order valence-corrected chi connectivity index (χ2v) is 5.86. The molecule has 0 saturated heterocycles. The summed E-state index contributed by atoms with van der Waals surface area (Å²) in [5.74, 6) is -0.689. The summed E-state index contributed by atoms with van der Waals surface area (Å²) < 4.78 is 5.22. The van der Waals surface area contributed by atoms with Crippen LogP contribution in [0.25, 0.3) is 0 Å². The van der Waals surface area contributed by atoms with E-state index in [2.05, 4.69) is 0 Å². The molecule has 1 heterocycles. The Balaban J connectivity index is 1.49. The molecule has 0 spiro atoms. The molecule has 2 aromatic carbocycles. The summed E-state index contributed by atoms with van der Waals surface area (Å²) >= 11 is 0. The van der Waals surface area contributed by atoms with Crippen LogP contribution in [0.3, 0.4) is 0 Å². The maximum atomic E-state index is 12.2. The highest BCUT2D eigenvalue weighted by molar-refractivity contribution is 6.21. The fraction of sp³-hybridized carbons (Fsp3) is 0.200. The van der Waals surface area contributed by atoms with Crippen molar-refractivity contribution in [2.45, 2.75) is 19.3 Å². The van der Waals surface area contributed by atoms with E-state index in [1.54, 1.807) is 48.5 Å². The Bertz CT molecular complexity index is 862. The molecule has 26 heavy (non-hydrogen) atoms. The Kier molecular flexibility index (Phi) is 5.09. The molecule has 0 fully saturated rings. The van der Waals surface area contributed by atoms with Gasteiger partial charge < -0.3 is 4.74 Å². The Morgan fingerprint density at radius 1 is 1.00 bits per heavy atom. The van der Waals surface area contributed by atoms with Crippen LogP contribution < -0.4 is 4.74 Å². The van der Waals surface area contributed by atoms with Gasteiger partial charge in [0.1, 0.15) is 5.75 Å². The van der Waals surface area contributed by atoms with Crippen molar-refractivity contribution in [3.8, 4) is 11.8 Å². The van der Waals surface area contributed by atoms with Gasteiger partial charge in [0, 0.05) is 13.0 Å². The molecule has 6 nitrogen and oxygen atoms in total.